The third-order valence-corrected chi connectivity index (χ3v) is 5.03. The molecule has 0 radical (unpaired) electrons. The number of likely N-dealkylation sites (tertiary alicyclic amines) is 1. The van der Waals surface area contributed by atoms with Crippen molar-refractivity contribution in [2.45, 2.75) is 25.4 Å². The van der Waals surface area contributed by atoms with Crippen LogP contribution in [0.3, 0.4) is 0 Å². The smallest absolute Gasteiger partial charge is 0.248 e. The highest BCUT2D eigenvalue weighted by Gasteiger charge is 2.34. The van der Waals surface area contributed by atoms with Crippen LogP contribution in [0.2, 0.25) is 0 Å². The van der Waals surface area contributed by atoms with Crippen LogP contribution < -0.4 is 11.1 Å². The summed E-state index contributed by atoms with van der Waals surface area (Å²) in [5.74, 6) is 0.281. The van der Waals surface area contributed by atoms with E-state index in [4.69, 9.17) is 5.73 Å². The molecule has 28 heavy (non-hydrogen) atoms. The second-order valence-corrected chi connectivity index (χ2v) is 7.19. The first-order valence-electron chi connectivity index (χ1n) is 8.68. The number of nitrogens with one attached hydrogen (secondary N) is 1. The summed E-state index contributed by atoms with van der Waals surface area (Å²) in [6, 6.07) is 4.70. The van der Waals surface area contributed by atoms with E-state index < -0.39 is 6.04 Å². The van der Waals surface area contributed by atoms with Gasteiger partial charge in [0.1, 0.15) is 35.2 Å². The highest BCUT2D eigenvalue weighted by Crippen LogP contribution is 2.21. The fourth-order valence-electron chi connectivity index (χ4n) is 3.27. The first kappa shape index (κ1) is 18.3. The van der Waals surface area contributed by atoms with E-state index >= 15 is 0 Å². The van der Waals surface area contributed by atoms with Gasteiger partial charge in [0.15, 0.2) is 5.65 Å². The van der Waals surface area contributed by atoms with Crippen LogP contribution in [-0.2, 0) is 16.1 Å². The van der Waals surface area contributed by atoms with Gasteiger partial charge in [-0.25, -0.2) is 19.6 Å². The first-order chi connectivity index (χ1) is 13.5. The van der Waals surface area contributed by atoms with E-state index in [-0.39, 0.29) is 18.4 Å². The zero-order chi connectivity index (χ0) is 19.7. The van der Waals surface area contributed by atoms with Gasteiger partial charge >= 0.3 is 0 Å². The number of rotatable bonds is 4. The Labute approximate surface area is 168 Å². The molecule has 11 heteroatoms. The van der Waals surface area contributed by atoms with Crippen LogP contribution >= 0.6 is 15.9 Å². The number of carbonyl (C=O) groups excluding carboxylic acids is 2. The number of nitrogens with two attached hydrogens (primary N) is 1. The Kier molecular flexibility index (Phi) is 4.90. The average Bonchev–Trinajstić information content (AvgIpc) is 3.30. The zero-order valence-electron chi connectivity index (χ0n) is 14.7. The lowest BCUT2D eigenvalue weighted by Gasteiger charge is -2.23. The minimum Gasteiger partial charge on any atom is -0.383 e. The number of halogens is 1. The number of nitrogen functional groups attached to an aromatic ring is 1. The summed E-state index contributed by atoms with van der Waals surface area (Å²) in [5, 5.41) is 7.55. The minimum absolute atomic E-state index is 0.0289. The Bertz CT molecular complexity index is 1050. The van der Waals surface area contributed by atoms with Gasteiger partial charge in [-0.2, -0.15) is 5.10 Å². The van der Waals surface area contributed by atoms with Crippen LogP contribution in [0.25, 0.3) is 11.0 Å². The fraction of sp³-hybridized carbons (Fsp3) is 0.294. The molecule has 0 aliphatic carbocycles. The topological polar surface area (TPSA) is 132 Å². The quantitative estimate of drug-likeness (QED) is 0.577. The van der Waals surface area contributed by atoms with Crippen molar-refractivity contribution in [2.24, 2.45) is 0 Å². The number of carbonyl (C=O) groups is 2. The maximum atomic E-state index is 12.9. The second-order valence-electron chi connectivity index (χ2n) is 6.38. The van der Waals surface area contributed by atoms with Gasteiger partial charge in [-0.05, 0) is 40.9 Å². The number of aromatic nitrogens is 5. The number of pyridine rings is 1. The average molecular weight is 445 g/mol. The van der Waals surface area contributed by atoms with Crippen LogP contribution in [0.1, 0.15) is 12.8 Å². The minimum atomic E-state index is -0.546. The standard InChI is InChI=1S/C17H17BrN8O2/c18-12-4-1-5-13(23-12)24-17(28)11-3-2-6-25(11)14(27)8-26-16-10(7-22-26)15(19)20-9-21-16/h1,4-5,7,9,11H,2-3,6,8H2,(H2,19,20,21)(H,23,24,28). The van der Waals surface area contributed by atoms with E-state index in [0.29, 0.717) is 40.2 Å². The highest BCUT2D eigenvalue weighted by atomic mass is 79.9. The lowest BCUT2D eigenvalue weighted by atomic mass is 10.2. The number of anilines is 2. The molecule has 1 aliphatic rings. The lowest BCUT2D eigenvalue weighted by molar-refractivity contribution is -0.137. The summed E-state index contributed by atoms with van der Waals surface area (Å²) >= 11 is 3.27. The molecule has 3 N–H and O–H groups in total. The van der Waals surface area contributed by atoms with Crippen molar-refractivity contribution in [3.05, 3.63) is 35.3 Å². The molecule has 1 saturated heterocycles. The van der Waals surface area contributed by atoms with Gasteiger partial charge in [0.25, 0.3) is 0 Å². The van der Waals surface area contributed by atoms with Crippen LogP contribution in [-0.4, -0.2) is 54.0 Å². The number of hydrogen-bond acceptors (Lipinski definition) is 7. The van der Waals surface area contributed by atoms with Crippen molar-refractivity contribution in [2.75, 3.05) is 17.6 Å². The van der Waals surface area contributed by atoms with Crippen molar-refractivity contribution < 1.29 is 9.59 Å². The molecular weight excluding hydrogens is 428 g/mol. The molecule has 0 saturated carbocycles. The lowest BCUT2D eigenvalue weighted by Crippen LogP contribution is -2.44. The predicted molar refractivity (Wildman–Crippen MR) is 105 cm³/mol. The highest BCUT2D eigenvalue weighted by molar-refractivity contribution is 9.10. The van der Waals surface area contributed by atoms with Crippen molar-refractivity contribution in [1.29, 1.82) is 0 Å². The molecular formula is C17H17BrN8O2. The van der Waals surface area contributed by atoms with Crippen LogP contribution in [0, 0.1) is 0 Å². The van der Waals surface area contributed by atoms with Crippen molar-refractivity contribution >= 4 is 50.4 Å². The van der Waals surface area contributed by atoms with Crippen LogP contribution in [0.15, 0.2) is 35.3 Å². The van der Waals surface area contributed by atoms with Gasteiger partial charge in [-0.1, -0.05) is 6.07 Å². The molecule has 1 atom stereocenters. The number of fused-ring (bicyclic) bond motifs is 1. The number of hydrogen-bond donors (Lipinski definition) is 2. The van der Waals surface area contributed by atoms with Gasteiger partial charge in [-0.3, -0.25) is 9.59 Å². The van der Waals surface area contributed by atoms with E-state index in [1.165, 1.54) is 17.2 Å². The van der Waals surface area contributed by atoms with Crippen LogP contribution in [0.5, 0.6) is 0 Å². The second kappa shape index (κ2) is 7.50. The molecule has 10 nitrogen and oxygen atoms in total. The normalized spacial score (nSPS) is 16.5. The summed E-state index contributed by atoms with van der Waals surface area (Å²) in [6.45, 7) is 0.484. The Balaban J connectivity index is 1.48. The molecule has 0 spiro atoms. The Morgan fingerprint density at radius 3 is 3.00 bits per heavy atom. The van der Waals surface area contributed by atoms with E-state index in [2.05, 4.69) is 41.3 Å². The molecule has 4 heterocycles. The molecule has 1 aliphatic heterocycles. The molecule has 0 aromatic carbocycles. The zero-order valence-corrected chi connectivity index (χ0v) is 16.3. The summed E-state index contributed by atoms with van der Waals surface area (Å²) in [4.78, 5) is 39.4. The van der Waals surface area contributed by atoms with E-state index in [1.807, 2.05) is 0 Å². The Morgan fingerprint density at radius 1 is 1.32 bits per heavy atom. The van der Waals surface area contributed by atoms with Gasteiger partial charge < -0.3 is 16.0 Å². The SMILES string of the molecule is Nc1ncnc2c1cnn2CC(=O)N1CCCC1C(=O)Nc1cccc(Br)n1. The summed E-state index contributed by atoms with van der Waals surface area (Å²) in [7, 11) is 0. The summed E-state index contributed by atoms with van der Waals surface area (Å²) < 4.78 is 2.09. The monoisotopic (exact) mass is 444 g/mol. The molecule has 3 aromatic rings. The third kappa shape index (κ3) is 3.52. The molecule has 1 fully saturated rings. The van der Waals surface area contributed by atoms with Gasteiger partial charge in [0.05, 0.1) is 11.6 Å². The van der Waals surface area contributed by atoms with E-state index in [1.54, 1.807) is 23.1 Å². The summed E-state index contributed by atoms with van der Waals surface area (Å²) in [6.07, 6.45) is 4.22. The van der Waals surface area contributed by atoms with Gasteiger partial charge in [-0.15, -0.1) is 0 Å². The molecule has 2 amide bonds. The van der Waals surface area contributed by atoms with Crippen LogP contribution in [0.4, 0.5) is 11.6 Å². The van der Waals surface area contributed by atoms with Crippen molar-refractivity contribution in [1.82, 2.24) is 29.6 Å². The van der Waals surface area contributed by atoms with Crippen molar-refractivity contribution in [3.8, 4) is 0 Å². The van der Waals surface area contributed by atoms with Crippen molar-refractivity contribution in [3.63, 3.8) is 0 Å². The largest absolute Gasteiger partial charge is 0.383 e. The number of nitrogens with zero attached hydrogens (tertiary/aromatic N) is 6. The Hall–Kier alpha value is -3.08. The van der Waals surface area contributed by atoms with Gasteiger partial charge in [0.2, 0.25) is 11.8 Å². The third-order valence-electron chi connectivity index (χ3n) is 4.59. The number of amides is 2. The predicted octanol–water partition coefficient (Wildman–Crippen LogP) is 1.20. The summed E-state index contributed by atoms with van der Waals surface area (Å²) in [5.41, 5.74) is 6.29. The van der Waals surface area contributed by atoms with E-state index in [0.717, 1.165) is 6.42 Å². The maximum absolute atomic E-state index is 12.9. The first-order valence-corrected chi connectivity index (χ1v) is 9.47. The Morgan fingerprint density at radius 2 is 2.18 bits per heavy atom. The molecule has 144 valence electrons. The van der Waals surface area contributed by atoms with Gasteiger partial charge in [0, 0.05) is 6.54 Å². The molecule has 0 bridgehead atoms. The molecule has 1 unspecified atom stereocenters. The fourth-order valence-corrected chi connectivity index (χ4v) is 3.61. The molecule has 4 rings (SSSR count). The maximum Gasteiger partial charge on any atom is 0.248 e. The molecule has 3 aromatic heterocycles. The van der Waals surface area contributed by atoms with E-state index in [9.17, 15) is 9.59 Å².